The molecule has 0 fully saturated rings. The molecule has 5 heteroatoms. The van der Waals surface area contributed by atoms with Gasteiger partial charge in [-0.2, -0.15) is 0 Å². The second-order valence-corrected chi connectivity index (χ2v) is 6.17. The van der Waals surface area contributed by atoms with Crippen molar-refractivity contribution in [2.45, 2.75) is 41.0 Å². The fourth-order valence-electron chi connectivity index (χ4n) is 1.43. The summed E-state index contributed by atoms with van der Waals surface area (Å²) in [6.45, 7) is 10.8. The molecule has 0 radical (unpaired) electrons. The van der Waals surface area contributed by atoms with Gasteiger partial charge >= 0.3 is 0 Å². The van der Waals surface area contributed by atoms with Gasteiger partial charge in [-0.25, -0.2) is 0 Å². The number of amides is 1. The predicted octanol–water partition coefficient (Wildman–Crippen LogP) is 1.90. The smallest absolute Gasteiger partial charge is 0.222 e. The average Bonchev–Trinajstić information content (AvgIpc) is 2.26. The van der Waals surface area contributed by atoms with E-state index in [1.54, 1.807) is 11.9 Å². The topological polar surface area (TPSA) is 78.9 Å². The number of rotatable bonds is 5. The molecular formula is C13H27N3O2. The fraction of sp³-hybridized carbons (Fsp3) is 0.846. The lowest BCUT2D eigenvalue weighted by Gasteiger charge is -2.29. The van der Waals surface area contributed by atoms with E-state index in [1.807, 2.05) is 6.92 Å². The number of nitrogens with zero attached hydrogens (tertiary/aromatic N) is 2. The second kappa shape index (κ2) is 6.61. The van der Waals surface area contributed by atoms with Gasteiger partial charge in [-0.15, -0.1) is 0 Å². The summed E-state index contributed by atoms with van der Waals surface area (Å²) in [7, 11) is 1.75. The first-order chi connectivity index (χ1) is 8.09. The summed E-state index contributed by atoms with van der Waals surface area (Å²) in [5, 5.41) is 11.5. The minimum Gasteiger partial charge on any atom is -0.409 e. The molecule has 0 bridgehead atoms. The van der Waals surface area contributed by atoms with Gasteiger partial charge in [0, 0.05) is 25.9 Å². The van der Waals surface area contributed by atoms with Gasteiger partial charge in [-0.1, -0.05) is 39.8 Å². The summed E-state index contributed by atoms with van der Waals surface area (Å²) in [5.74, 6) is 0.411. The quantitative estimate of drug-likeness (QED) is 0.342. The van der Waals surface area contributed by atoms with Gasteiger partial charge in [-0.05, 0) is 11.3 Å². The average molecular weight is 257 g/mol. The molecule has 106 valence electrons. The van der Waals surface area contributed by atoms with Crippen LogP contribution in [-0.4, -0.2) is 35.4 Å². The molecule has 0 aliphatic carbocycles. The molecule has 3 N–H and O–H groups in total. The Morgan fingerprint density at radius 2 is 1.89 bits per heavy atom. The molecule has 0 saturated carbocycles. The zero-order valence-corrected chi connectivity index (χ0v) is 12.4. The Kier molecular flexibility index (Phi) is 6.15. The van der Waals surface area contributed by atoms with Gasteiger partial charge in [0.1, 0.15) is 5.84 Å². The first kappa shape index (κ1) is 16.7. The summed E-state index contributed by atoms with van der Waals surface area (Å²) in [4.78, 5) is 13.7. The molecule has 0 aromatic heterocycles. The van der Waals surface area contributed by atoms with E-state index in [-0.39, 0.29) is 23.1 Å². The van der Waals surface area contributed by atoms with Gasteiger partial charge in [0.2, 0.25) is 5.91 Å². The highest BCUT2D eigenvalue weighted by atomic mass is 16.4. The third-order valence-electron chi connectivity index (χ3n) is 3.55. The minimum atomic E-state index is -0.145. The van der Waals surface area contributed by atoms with Crippen molar-refractivity contribution in [3.63, 3.8) is 0 Å². The number of amidine groups is 1. The zero-order chi connectivity index (χ0) is 14.5. The molecule has 5 nitrogen and oxygen atoms in total. The molecule has 0 aliphatic rings. The van der Waals surface area contributed by atoms with E-state index in [1.165, 1.54) is 0 Å². The van der Waals surface area contributed by atoms with Crippen LogP contribution in [0.4, 0.5) is 0 Å². The Hall–Kier alpha value is -1.26. The highest BCUT2D eigenvalue weighted by Crippen LogP contribution is 2.28. The first-order valence-corrected chi connectivity index (χ1v) is 6.31. The number of carbonyl (C=O) groups excluding carboxylic acids is 1. The fourth-order valence-corrected chi connectivity index (χ4v) is 1.43. The van der Waals surface area contributed by atoms with Crippen LogP contribution in [0.25, 0.3) is 0 Å². The van der Waals surface area contributed by atoms with Crippen molar-refractivity contribution in [2.75, 3.05) is 13.6 Å². The summed E-state index contributed by atoms with van der Waals surface area (Å²) in [6, 6.07) is 0. The van der Waals surface area contributed by atoms with Crippen molar-refractivity contribution in [1.82, 2.24) is 4.90 Å². The van der Waals surface area contributed by atoms with E-state index in [0.717, 1.165) is 0 Å². The standard InChI is InChI=1S/C13H27N3O2/c1-9(12(14)15-18)8-16(6)11(17)7-10(2)13(3,4)5/h9-10,18H,7-8H2,1-6H3,(H2,14,15). The lowest BCUT2D eigenvalue weighted by atomic mass is 9.80. The van der Waals surface area contributed by atoms with E-state index in [9.17, 15) is 4.79 Å². The van der Waals surface area contributed by atoms with Gasteiger partial charge in [0.05, 0.1) is 0 Å². The third-order valence-corrected chi connectivity index (χ3v) is 3.55. The van der Waals surface area contributed by atoms with Crippen LogP contribution in [0.2, 0.25) is 0 Å². The normalized spacial score (nSPS) is 16.2. The second-order valence-electron chi connectivity index (χ2n) is 6.17. The number of hydrogen-bond acceptors (Lipinski definition) is 3. The molecule has 2 atom stereocenters. The molecule has 18 heavy (non-hydrogen) atoms. The van der Waals surface area contributed by atoms with Gasteiger partial charge < -0.3 is 15.8 Å². The Bertz CT molecular complexity index is 308. The van der Waals surface area contributed by atoms with Crippen LogP contribution in [0.3, 0.4) is 0 Å². The van der Waals surface area contributed by atoms with Crippen LogP contribution < -0.4 is 5.73 Å². The van der Waals surface area contributed by atoms with Crippen LogP contribution in [-0.2, 0) is 4.79 Å². The van der Waals surface area contributed by atoms with Crippen molar-refractivity contribution in [3.8, 4) is 0 Å². The summed E-state index contributed by atoms with van der Waals surface area (Å²) < 4.78 is 0. The largest absolute Gasteiger partial charge is 0.409 e. The van der Waals surface area contributed by atoms with Gasteiger partial charge in [0.15, 0.2) is 0 Å². The van der Waals surface area contributed by atoms with Crippen LogP contribution in [0.5, 0.6) is 0 Å². The molecule has 2 unspecified atom stereocenters. The van der Waals surface area contributed by atoms with Crippen LogP contribution in [0, 0.1) is 17.3 Å². The van der Waals surface area contributed by atoms with Crippen LogP contribution in [0.15, 0.2) is 5.16 Å². The molecule has 0 aromatic rings. The molecule has 0 aliphatic heterocycles. The maximum absolute atomic E-state index is 12.0. The highest BCUT2D eigenvalue weighted by molar-refractivity contribution is 5.83. The molecule has 0 heterocycles. The number of nitrogens with two attached hydrogens (primary N) is 1. The van der Waals surface area contributed by atoms with Crippen molar-refractivity contribution in [1.29, 1.82) is 0 Å². The number of oxime groups is 1. The van der Waals surface area contributed by atoms with Crippen LogP contribution in [0.1, 0.15) is 41.0 Å². The Balaban J connectivity index is 4.36. The molecule has 0 spiro atoms. The summed E-state index contributed by atoms with van der Waals surface area (Å²) in [6.07, 6.45) is 0.517. The van der Waals surface area contributed by atoms with E-state index < -0.39 is 0 Å². The van der Waals surface area contributed by atoms with Crippen molar-refractivity contribution in [3.05, 3.63) is 0 Å². The maximum Gasteiger partial charge on any atom is 0.222 e. The highest BCUT2D eigenvalue weighted by Gasteiger charge is 2.24. The molecule has 0 aromatic carbocycles. The summed E-state index contributed by atoms with van der Waals surface area (Å²) >= 11 is 0. The van der Waals surface area contributed by atoms with E-state index >= 15 is 0 Å². The van der Waals surface area contributed by atoms with E-state index in [0.29, 0.717) is 18.9 Å². The summed E-state index contributed by atoms with van der Waals surface area (Å²) in [5.41, 5.74) is 5.62. The van der Waals surface area contributed by atoms with Crippen molar-refractivity contribution in [2.24, 2.45) is 28.1 Å². The Labute approximate surface area is 110 Å². The predicted molar refractivity (Wildman–Crippen MR) is 73.4 cm³/mol. The first-order valence-electron chi connectivity index (χ1n) is 6.31. The molecule has 0 saturated heterocycles. The van der Waals surface area contributed by atoms with Crippen molar-refractivity contribution >= 4 is 11.7 Å². The third kappa shape index (κ3) is 5.38. The molecule has 1 amide bonds. The molecule has 0 rings (SSSR count). The Morgan fingerprint density at radius 1 is 1.39 bits per heavy atom. The Morgan fingerprint density at radius 3 is 2.28 bits per heavy atom. The van der Waals surface area contributed by atoms with Crippen molar-refractivity contribution < 1.29 is 10.0 Å². The number of hydrogen-bond donors (Lipinski definition) is 2. The minimum absolute atomic E-state index is 0.0926. The lowest BCUT2D eigenvalue weighted by Crippen LogP contribution is -2.37. The van der Waals surface area contributed by atoms with Gasteiger partial charge in [0.25, 0.3) is 0 Å². The SMILES string of the molecule is CC(CN(C)C(=O)CC(C)C(C)(C)C)C(N)=NO. The zero-order valence-electron chi connectivity index (χ0n) is 12.4. The molecular weight excluding hydrogens is 230 g/mol. The lowest BCUT2D eigenvalue weighted by molar-refractivity contribution is -0.131. The van der Waals surface area contributed by atoms with E-state index in [2.05, 4.69) is 32.9 Å². The maximum atomic E-state index is 12.0. The van der Waals surface area contributed by atoms with Crippen LogP contribution >= 0.6 is 0 Å². The van der Waals surface area contributed by atoms with E-state index in [4.69, 9.17) is 10.9 Å². The monoisotopic (exact) mass is 257 g/mol. The van der Waals surface area contributed by atoms with Gasteiger partial charge in [-0.3, -0.25) is 4.79 Å². The number of carbonyl (C=O) groups is 1.